The summed E-state index contributed by atoms with van der Waals surface area (Å²) in [5.74, 6) is 2.52. The van der Waals surface area contributed by atoms with Gasteiger partial charge in [-0.3, -0.25) is 4.79 Å². The SMILES string of the molecule is CC(C)[C@@H](NCC1CCOC1)C(=O)N1CCC(C2C=CC(Cl)CC2)CC1.O. The Balaban J connectivity index is 0.00000261. The maximum Gasteiger partial charge on any atom is 0.239 e. The Bertz CT molecular complexity index is 486. The van der Waals surface area contributed by atoms with E-state index in [1.165, 1.54) is 6.42 Å². The minimum absolute atomic E-state index is 0. The normalized spacial score (nSPS) is 30.4. The highest BCUT2D eigenvalue weighted by Gasteiger charge is 2.33. The minimum atomic E-state index is -0.0706. The molecule has 3 N–H and O–H groups in total. The lowest BCUT2D eigenvalue weighted by Crippen LogP contribution is -2.52. The molecule has 0 radical (unpaired) electrons. The number of piperidine rings is 1. The van der Waals surface area contributed by atoms with Gasteiger partial charge in [0.15, 0.2) is 0 Å². The molecule has 2 fully saturated rings. The monoisotopic (exact) mass is 400 g/mol. The molecule has 2 aliphatic heterocycles. The summed E-state index contributed by atoms with van der Waals surface area (Å²) in [6.45, 7) is 8.66. The van der Waals surface area contributed by atoms with Gasteiger partial charge in [-0.25, -0.2) is 0 Å². The van der Waals surface area contributed by atoms with Crippen LogP contribution in [0.15, 0.2) is 12.2 Å². The molecule has 5 nitrogen and oxygen atoms in total. The van der Waals surface area contributed by atoms with Crippen LogP contribution in [0.4, 0.5) is 0 Å². The molecule has 3 unspecified atom stereocenters. The Morgan fingerprint density at radius 2 is 1.93 bits per heavy atom. The molecule has 156 valence electrons. The Kier molecular flexibility index (Phi) is 9.06. The summed E-state index contributed by atoms with van der Waals surface area (Å²) in [7, 11) is 0. The number of hydrogen-bond acceptors (Lipinski definition) is 3. The molecule has 27 heavy (non-hydrogen) atoms. The number of allylic oxidation sites excluding steroid dienone is 2. The molecule has 0 bridgehead atoms. The van der Waals surface area contributed by atoms with Crippen molar-refractivity contribution >= 4 is 17.5 Å². The number of likely N-dealkylation sites (tertiary alicyclic amines) is 1. The summed E-state index contributed by atoms with van der Waals surface area (Å²) >= 11 is 6.17. The van der Waals surface area contributed by atoms with Crippen LogP contribution in [0.25, 0.3) is 0 Å². The van der Waals surface area contributed by atoms with Crippen LogP contribution in [0.2, 0.25) is 0 Å². The van der Waals surface area contributed by atoms with E-state index in [2.05, 4.69) is 36.2 Å². The molecular formula is C21H37ClN2O3. The van der Waals surface area contributed by atoms with Crippen LogP contribution in [0.5, 0.6) is 0 Å². The van der Waals surface area contributed by atoms with E-state index >= 15 is 0 Å². The van der Waals surface area contributed by atoms with E-state index in [9.17, 15) is 4.79 Å². The number of rotatable bonds is 6. The highest BCUT2D eigenvalue weighted by molar-refractivity contribution is 6.21. The van der Waals surface area contributed by atoms with Gasteiger partial charge in [0, 0.05) is 26.2 Å². The molecule has 2 saturated heterocycles. The zero-order chi connectivity index (χ0) is 18.5. The van der Waals surface area contributed by atoms with E-state index in [-0.39, 0.29) is 22.8 Å². The number of alkyl halides is 1. The second-order valence-corrected chi connectivity index (χ2v) is 9.22. The van der Waals surface area contributed by atoms with Crippen LogP contribution in [0, 0.1) is 23.7 Å². The van der Waals surface area contributed by atoms with E-state index < -0.39 is 0 Å². The summed E-state index contributed by atoms with van der Waals surface area (Å²) < 4.78 is 5.45. The van der Waals surface area contributed by atoms with Crippen LogP contribution < -0.4 is 5.32 Å². The summed E-state index contributed by atoms with van der Waals surface area (Å²) in [5, 5.41) is 3.76. The van der Waals surface area contributed by atoms with Gasteiger partial charge in [0.2, 0.25) is 5.91 Å². The van der Waals surface area contributed by atoms with E-state index in [4.69, 9.17) is 16.3 Å². The van der Waals surface area contributed by atoms with Crippen LogP contribution in [0.3, 0.4) is 0 Å². The third-order valence-corrected chi connectivity index (χ3v) is 6.75. The second-order valence-electron chi connectivity index (χ2n) is 8.66. The predicted octanol–water partition coefficient (Wildman–Crippen LogP) is 2.62. The molecule has 0 saturated carbocycles. The van der Waals surface area contributed by atoms with E-state index in [1.54, 1.807) is 0 Å². The molecule has 0 spiro atoms. The first kappa shape index (κ1) is 22.7. The van der Waals surface area contributed by atoms with Crippen LogP contribution >= 0.6 is 11.6 Å². The van der Waals surface area contributed by atoms with Crippen molar-refractivity contribution in [3.8, 4) is 0 Å². The number of carbonyl (C=O) groups excluding carboxylic acids is 1. The molecule has 6 heteroatoms. The number of hydrogen-bond donors (Lipinski definition) is 1. The average molecular weight is 401 g/mol. The number of nitrogens with one attached hydrogen (secondary N) is 1. The molecule has 4 atom stereocenters. The molecule has 0 aromatic heterocycles. The fraction of sp³-hybridized carbons (Fsp3) is 0.857. The van der Waals surface area contributed by atoms with Gasteiger partial charge >= 0.3 is 0 Å². The molecule has 2 heterocycles. The number of amides is 1. The first-order valence-electron chi connectivity index (χ1n) is 10.5. The van der Waals surface area contributed by atoms with Gasteiger partial charge in [0.05, 0.1) is 18.0 Å². The zero-order valence-corrected chi connectivity index (χ0v) is 17.6. The van der Waals surface area contributed by atoms with Gasteiger partial charge in [-0.15, -0.1) is 11.6 Å². The quantitative estimate of drug-likeness (QED) is 0.550. The second kappa shape index (κ2) is 10.8. The molecule has 3 rings (SSSR count). The third kappa shape index (κ3) is 6.18. The van der Waals surface area contributed by atoms with Gasteiger partial charge in [0.1, 0.15) is 0 Å². The molecule has 1 aliphatic carbocycles. The highest BCUT2D eigenvalue weighted by Crippen LogP contribution is 2.33. The number of halogens is 1. The van der Waals surface area contributed by atoms with Gasteiger partial charge in [-0.2, -0.15) is 0 Å². The third-order valence-electron chi connectivity index (χ3n) is 6.38. The van der Waals surface area contributed by atoms with Crippen molar-refractivity contribution < 1.29 is 15.0 Å². The fourth-order valence-electron chi connectivity index (χ4n) is 4.59. The lowest BCUT2D eigenvalue weighted by Gasteiger charge is -2.38. The number of nitrogens with zero attached hydrogens (tertiary/aromatic N) is 1. The summed E-state index contributed by atoms with van der Waals surface area (Å²) in [6.07, 6.45) is 10.1. The van der Waals surface area contributed by atoms with Crippen molar-refractivity contribution in [2.75, 3.05) is 32.8 Å². The number of carbonyl (C=O) groups is 1. The van der Waals surface area contributed by atoms with Gasteiger partial charge in [-0.05, 0) is 55.8 Å². The lowest BCUT2D eigenvalue weighted by molar-refractivity contribution is -0.136. The highest BCUT2D eigenvalue weighted by atomic mass is 35.5. The smallest absolute Gasteiger partial charge is 0.239 e. The fourth-order valence-corrected chi connectivity index (χ4v) is 4.80. The Morgan fingerprint density at radius 3 is 2.48 bits per heavy atom. The van der Waals surface area contributed by atoms with Gasteiger partial charge in [-0.1, -0.05) is 26.0 Å². The van der Waals surface area contributed by atoms with Crippen molar-refractivity contribution in [2.45, 2.75) is 57.4 Å². The Morgan fingerprint density at radius 1 is 1.19 bits per heavy atom. The zero-order valence-electron chi connectivity index (χ0n) is 16.8. The minimum Gasteiger partial charge on any atom is -0.412 e. The lowest BCUT2D eigenvalue weighted by atomic mass is 9.79. The molecular weight excluding hydrogens is 364 g/mol. The van der Waals surface area contributed by atoms with Crippen molar-refractivity contribution in [1.29, 1.82) is 0 Å². The maximum absolute atomic E-state index is 13.1. The Labute approximate surface area is 169 Å². The summed E-state index contributed by atoms with van der Waals surface area (Å²) in [5.41, 5.74) is 0. The van der Waals surface area contributed by atoms with Gasteiger partial charge in [0.25, 0.3) is 0 Å². The van der Waals surface area contributed by atoms with Crippen molar-refractivity contribution in [2.24, 2.45) is 23.7 Å². The number of ether oxygens (including phenoxy) is 1. The summed E-state index contributed by atoms with van der Waals surface area (Å²) in [4.78, 5) is 15.2. The average Bonchev–Trinajstić information content (AvgIpc) is 3.16. The van der Waals surface area contributed by atoms with E-state index in [0.29, 0.717) is 23.7 Å². The van der Waals surface area contributed by atoms with Gasteiger partial charge < -0.3 is 20.4 Å². The standard InChI is InChI=1S/C21H35ClN2O2.H2O/c1-15(2)20(23-13-16-9-12-26-14-16)21(25)24-10-7-18(8-11-24)17-3-5-19(22)6-4-17;/h3,5,15-20,23H,4,6-14H2,1-2H3;1H2/t16?,17?,19?,20-;/m1./s1. The first-order chi connectivity index (χ1) is 12.5. The molecule has 0 aromatic carbocycles. The summed E-state index contributed by atoms with van der Waals surface area (Å²) in [6, 6.07) is -0.0706. The van der Waals surface area contributed by atoms with E-state index in [0.717, 1.165) is 58.5 Å². The molecule has 1 amide bonds. The van der Waals surface area contributed by atoms with Crippen molar-refractivity contribution in [3.63, 3.8) is 0 Å². The van der Waals surface area contributed by atoms with Crippen LogP contribution in [-0.2, 0) is 9.53 Å². The predicted molar refractivity (Wildman–Crippen MR) is 110 cm³/mol. The molecule has 0 aromatic rings. The van der Waals surface area contributed by atoms with E-state index in [1.807, 2.05) is 0 Å². The molecule has 3 aliphatic rings. The largest absolute Gasteiger partial charge is 0.412 e. The topological polar surface area (TPSA) is 73.1 Å². The van der Waals surface area contributed by atoms with Crippen LogP contribution in [-0.4, -0.2) is 60.6 Å². The van der Waals surface area contributed by atoms with Crippen molar-refractivity contribution in [1.82, 2.24) is 10.2 Å². The van der Waals surface area contributed by atoms with Crippen molar-refractivity contribution in [3.05, 3.63) is 12.2 Å². The Hall–Kier alpha value is -0.620. The van der Waals surface area contributed by atoms with Crippen LogP contribution in [0.1, 0.15) is 46.0 Å². The maximum atomic E-state index is 13.1. The first-order valence-corrected chi connectivity index (χ1v) is 10.9.